The third-order valence-corrected chi connectivity index (χ3v) is 5.39. The predicted octanol–water partition coefficient (Wildman–Crippen LogP) is 3.35. The van der Waals surface area contributed by atoms with E-state index in [1.807, 2.05) is 11.0 Å². The quantitative estimate of drug-likeness (QED) is 0.849. The highest BCUT2D eigenvalue weighted by atomic mass is 16.4. The van der Waals surface area contributed by atoms with E-state index in [2.05, 4.69) is 48.0 Å². The first-order valence-corrected chi connectivity index (χ1v) is 9.62. The minimum Gasteiger partial charge on any atom is -0.437 e. The maximum absolute atomic E-state index is 12.8. The van der Waals surface area contributed by atoms with Gasteiger partial charge in [-0.2, -0.15) is 0 Å². The van der Waals surface area contributed by atoms with E-state index < -0.39 is 0 Å². The normalized spacial score (nSPS) is 23.7. The minimum atomic E-state index is -0.0487. The highest BCUT2D eigenvalue weighted by Gasteiger charge is 2.31. The number of aromatic nitrogens is 1. The van der Waals surface area contributed by atoms with E-state index >= 15 is 0 Å². The van der Waals surface area contributed by atoms with E-state index in [1.54, 1.807) is 0 Å². The van der Waals surface area contributed by atoms with Gasteiger partial charge in [0.15, 0.2) is 0 Å². The number of benzene rings is 1. The van der Waals surface area contributed by atoms with Crippen LogP contribution < -0.4 is 0 Å². The van der Waals surface area contributed by atoms with Crippen molar-refractivity contribution < 1.29 is 9.21 Å². The van der Waals surface area contributed by atoms with E-state index in [0.29, 0.717) is 11.8 Å². The fraction of sp³-hybridized carbons (Fsp3) is 0.524. The summed E-state index contributed by atoms with van der Waals surface area (Å²) in [6, 6.07) is 10.5. The lowest BCUT2D eigenvalue weighted by atomic mass is 9.92. The zero-order valence-corrected chi connectivity index (χ0v) is 15.6. The molecular formula is C21H27N3O2. The molecule has 1 aromatic heterocycles. The first kappa shape index (κ1) is 17.3. The molecule has 1 aromatic carbocycles. The summed E-state index contributed by atoms with van der Waals surface area (Å²) in [5.41, 5.74) is 2.22. The summed E-state index contributed by atoms with van der Waals surface area (Å²) in [5.74, 6) is 2.18. The summed E-state index contributed by atoms with van der Waals surface area (Å²) >= 11 is 0. The number of fused-ring (bicyclic) bond motifs is 1. The fourth-order valence-electron chi connectivity index (χ4n) is 4.28. The highest BCUT2D eigenvalue weighted by molar-refractivity contribution is 5.89. The van der Waals surface area contributed by atoms with Gasteiger partial charge in [-0.15, -0.1) is 0 Å². The van der Waals surface area contributed by atoms with Crippen molar-refractivity contribution in [2.45, 2.75) is 39.8 Å². The van der Waals surface area contributed by atoms with Gasteiger partial charge in [-0.1, -0.05) is 44.2 Å². The van der Waals surface area contributed by atoms with Crippen LogP contribution in [0.2, 0.25) is 0 Å². The number of piperidine rings is 1. The Labute approximate surface area is 155 Å². The molecule has 1 amide bonds. The minimum absolute atomic E-state index is 0.0487. The van der Waals surface area contributed by atoms with Crippen molar-refractivity contribution in [2.75, 3.05) is 19.6 Å². The zero-order valence-electron chi connectivity index (χ0n) is 15.6. The van der Waals surface area contributed by atoms with Gasteiger partial charge in [0.25, 0.3) is 5.89 Å². The number of oxazole rings is 1. The van der Waals surface area contributed by atoms with Gasteiger partial charge >= 0.3 is 5.91 Å². The van der Waals surface area contributed by atoms with Crippen molar-refractivity contribution in [3.63, 3.8) is 0 Å². The molecule has 3 heterocycles. The van der Waals surface area contributed by atoms with E-state index in [0.717, 1.165) is 50.6 Å². The molecule has 0 N–H and O–H groups in total. The second-order valence-electron chi connectivity index (χ2n) is 7.99. The van der Waals surface area contributed by atoms with Gasteiger partial charge in [-0.05, 0) is 23.8 Å². The van der Waals surface area contributed by atoms with E-state index in [-0.39, 0.29) is 11.8 Å². The molecule has 0 spiro atoms. The first-order valence-electron chi connectivity index (χ1n) is 9.62. The molecule has 1 saturated heterocycles. The summed E-state index contributed by atoms with van der Waals surface area (Å²) in [4.78, 5) is 21.7. The molecule has 0 saturated carbocycles. The van der Waals surface area contributed by atoms with Crippen molar-refractivity contribution >= 4 is 5.91 Å². The van der Waals surface area contributed by atoms with Gasteiger partial charge in [0.2, 0.25) is 0 Å². The molecule has 0 radical (unpaired) electrons. The second kappa shape index (κ2) is 7.23. The maximum Gasteiger partial charge on any atom is 0.309 e. The molecule has 2 aliphatic heterocycles. The largest absolute Gasteiger partial charge is 0.437 e. The number of carbonyl (C=O) groups excluding carboxylic acids is 1. The molecule has 0 aliphatic carbocycles. The van der Waals surface area contributed by atoms with Crippen LogP contribution in [0.4, 0.5) is 0 Å². The van der Waals surface area contributed by atoms with Crippen LogP contribution in [0.1, 0.15) is 48.0 Å². The van der Waals surface area contributed by atoms with Gasteiger partial charge in [-0.3, -0.25) is 9.69 Å². The number of rotatable bonds is 3. The summed E-state index contributed by atoms with van der Waals surface area (Å²) in [6.45, 7) is 8.59. The monoisotopic (exact) mass is 353 g/mol. The Morgan fingerprint density at radius 2 is 1.92 bits per heavy atom. The number of hydrogen-bond donors (Lipinski definition) is 0. The Bertz CT molecular complexity index is 761. The van der Waals surface area contributed by atoms with Crippen LogP contribution in [0.15, 0.2) is 34.7 Å². The molecule has 5 heteroatoms. The number of hydrogen-bond acceptors (Lipinski definition) is 4. The van der Waals surface area contributed by atoms with Gasteiger partial charge in [-0.25, -0.2) is 4.98 Å². The van der Waals surface area contributed by atoms with Gasteiger partial charge in [0.1, 0.15) is 5.76 Å². The van der Waals surface area contributed by atoms with Crippen molar-refractivity contribution in [2.24, 2.45) is 11.8 Å². The molecule has 138 valence electrons. The van der Waals surface area contributed by atoms with Crippen LogP contribution >= 0.6 is 0 Å². The van der Waals surface area contributed by atoms with Crippen molar-refractivity contribution in [3.8, 4) is 0 Å². The van der Waals surface area contributed by atoms with E-state index in [4.69, 9.17) is 4.42 Å². The van der Waals surface area contributed by atoms with Crippen LogP contribution in [-0.4, -0.2) is 40.3 Å². The molecule has 26 heavy (non-hydrogen) atoms. The van der Waals surface area contributed by atoms with Crippen LogP contribution in [-0.2, 0) is 19.5 Å². The topological polar surface area (TPSA) is 49.6 Å². The molecule has 0 unspecified atom stereocenters. The molecule has 2 aromatic rings. The van der Waals surface area contributed by atoms with Crippen molar-refractivity contribution in [1.82, 2.24) is 14.8 Å². The first-order chi connectivity index (χ1) is 12.6. The van der Waals surface area contributed by atoms with Crippen LogP contribution in [0.5, 0.6) is 0 Å². The van der Waals surface area contributed by atoms with Crippen LogP contribution in [0.3, 0.4) is 0 Å². The summed E-state index contributed by atoms with van der Waals surface area (Å²) in [7, 11) is 0. The van der Waals surface area contributed by atoms with Crippen molar-refractivity contribution in [1.29, 1.82) is 0 Å². The number of amides is 1. The van der Waals surface area contributed by atoms with Crippen LogP contribution in [0.25, 0.3) is 0 Å². The zero-order chi connectivity index (χ0) is 18.1. The SMILES string of the molecule is C[C@@H]1C[C@@H](C)CN(C(=O)c2nc3c(o2)CCN(Cc2ccccc2)C3)C1. The lowest BCUT2D eigenvalue weighted by Crippen LogP contribution is -2.42. The third kappa shape index (κ3) is 3.68. The smallest absolute Gasteiger partial charge is 0.309 e. The van der Waals surface area contributed by atoms with E-state index in [9.17, 15) is 4.79 Å². The lowest BCUT2D eigenvalue weighted by molar-refractivity contribution is 0.0581. The molecule has 4 rings (SSSR count). The molecule has 2 aliphatic rings. The summed E-state index contributed by atoms with van der Waals surface area (Å²) in [6.07, 6.45) is 2.00. The molecule has 1 fully saturated rings. The summed E-state index contributed by atoms with van der Waals surface area (Å²) in [5, 5.41) is 0. The Morgan fingerprint density at radius 1 is 1.19 bits per heavy atom. The Balaban J connectivity index is 1.45. The predicted molar refractivity (Wildman–Crippen MR) is 99.6 cm³/mol. The third-order valence-electron chi connectivity index (χ3n) is 5.39. The number of likely N-dealkylation sites (tertiary alicyclic amines) is 1. The second-order valence-corrected chi connectivity index (χ2v) is 7.99. The number of carbonyl (C=O) groups is 1. The van der Waals surface area contributed by atoms with E-state index in [1.165, 1.54) is 12.0 Å². The molecule has 0 bridgehead atoms. The Kier molecular flexibility index (Phi) is 4.81. The van der Waals surface area contributed by atoms with Crippen molar-refractivity contribution in [3.05, 3.63) is 53.2 Å². The standard InChI is InChI=1S/C21H27N3O2/c1-15-10-16(2)12-24(11-15)21(25)20-22-18-14-23(9-8-19(18)26-20)13-17-6-4-3-5-7-17/h3-7,15-16H,8-14H2,1-2H3/t15-,16-/m1/s1. The average molecular weight is 353 g/mol. The maximum atomic E-state index is 12.8. The number of nitrogens with zero attached hydrogens (tertiary/aromatic N) is 3. The molecular weight excluding hydrogens is 326 g/mol. The van der Waals surface area contributed by atoms with Crippen LogP contribution in [0, 0.1) is 11.8 Å². The average Bonchev–Trinajstić information content (AvgIpc) is 3.04. The highest BCUT2D eigenvalue weighted by Crippen LogP contribution is 2.25. The Morgan fingerprint density at radius 3 is 2.65 bits per heavy atom. The lowest BCUT2D eigenvalue weighted by Gasteiger charge is -2.34. The summed E-state index contributed by atoms with van der Waals surface area (Å²) < 4.78 is 5.86. The molecule has 2 atom stereocenters. The van der Waals surface area contributed by atoms with Gasteiger partial charge in [0, 0.05) is 39.1 Å². The molecule has 5 nitrogen and oxygen atoms in total. The Hall–Kier alpha value is -2.14. The fourth-order valence-corrected chi connectivity index (χ4v) is 4.28. The van der Waals surface area contributed by atoms with Gasteiger partial charge in [0.05, 0.1) is 5.69 Å². The van der Waals surface area contributed by atoms with Gasteiger partial charge < -0.3 is 9.32 Å².